The number of anilines is 1. The summed E-state index contributed by atoms with van der Waals surface area (Å²) < 4.78 is 5.80. The third-order valence-electron chi connectivity index (χ3n) is 4.84. The number of rotatable bonds is 8. The summed E-state index contributed by atoms with van der Waals surface area (Å²) in [4.78, 5) is 18.4. The molecule has 9 heteroatoms. The second-order valence-corrected chi connectivity index (χ2v) is 7.56. The van der Waals surface area contributed by atoms with Crippen LogP contribution in [0.3, 0.4) is 0 Å². The number of carbonyl (C=O) groups is 1. The van der Waals surface area contributed by atoms with Gasteiger partial charge in [-0.05, 0) is 30.6 Å². The van der Waals surface area contributed by atoms with Gasteiger partial charge in [0.05, 0.1) is 24.4 Å². The molecule has 0 aliphatic carbocycles. The lowest BCUT2D eigenvalue weighted by Gasteiger charge is -2.30. The highest BCUT2D eigenvalue weighted by atomic mass is 32.1. The molecule has 1 fully saturated rings. The number of likely N-dealkylation sites (N-methyl/N-ethyl adjacent to an activating group) is 1. The Labute approximate surface area is 168 Å². The van der Waals surface area contributed by atoms with E-state index in [0.29, 0.717) is 6.54 Å². The topological polar surface area (TPSA) is 107 Å². The van der Waals surface area contributed by atoms with Crippen LogP contribution >= 0.6 is 11.3 Å². The van der Waals surface area contributed by atoms with Crippen molar-refractivity contribution in [2.75, 3.05) is 32.1 Å². The van der Waals surface area contributed by atoms with E-state index in [2.05, 4.69) is 15.6 Å². The summed E-state index contributed by atoms with van der Waals surface area (Å²) in [5, 5.41) is 29.3. The average molecular weight is 407 g/mol. The Morgan fingerprint density at radius 2 is 2.21 bits per heavy atom. The Kier molecular flexibility index (Phi) is 7.35. The van der Waals surface area contributed by atoms with Gasteiger partial charge < -0.3 is 25.6 Å². The summed E-state index contributed by atoms with van der Waals surface area (Å²) in [6.45, 7) is 0.614. The summed E-state index contributed by atoms with van der Waals surface area (Å²) in [6, 6.07) is 6.91. The molecule has 0 saturated carbocycles. The second-order valence-electron chi connectivity index (χ2n) is 6.78. The number of aromatic nitrogens is 1. The van der Waals surface area contributed by atoms with Crippen LogP contribution in [0.2, 0.25) is 0 Å². The fourth-order valence-electron chi connectivity index (χ4n) is 3.38. The quantitative estimate of drug-likeness (QED) is 0.520. The zero-order chi connectivity index (χ0) is 19.9. The summed E-state index contributed by atoms with van der Waals surface area (Å²) in [5.74, 6) is 0. The van der Waals surface area contributed by atoms with E-state index < -0.39 is 18.3 Å². The first-order valence-corrected chi connectivity index (χ1v) is 10.1. The number of aliphatic hydroxyl groups excluding tert-OH is 2. The van der Waals surface area contributed by atoms with Crippen LogP contribution in [0.1, 0.15) is 5.69 Å². The summed E-state index contributed by atoms with van der Waals surface area (Å²) in [5.41, 5.74) is 1.69. The average Bonchev–Trinajstić information content (AvgIpc) is 3.32. The van der Waals surface area contributed by atoms with Gasteiger partial charge in [0.25, 0.3) is 0 Å². The van der Waals surface area contributed by atoms with E-state index in [1.54, 1.807) is 6.20 Å². The smallest absolute Gasteiger partial charge is 0.319 e. The van der Waals surface area contributed by atoms with Crippen molar-refractivity contribution in [3.63, 3.8) is 0 Å². The molecule has 4 atom stereocenters. The number of amides is 2. The largest absolute Gasteiger partial charge is 0.394 e. The van der Waals surface area contributed by atoms with E-state index in [0.717, 1.165) is 17.8 Å². The zero-order valence-corrected chi connectivity index (χ0v) is 16.5. The molecule has 0 aromatic carbocycles. The van der Waals surface area contributed by atoms with Crippen LogP contribution < -0.4 is 10.6 Å². The lowest BCUT2D eigenvalue weighted by molar-refractivity contribution is -0.0205. The van der Waals surface area contributed by atoms with Crippen molar-refractivity contribution in [3.8, 4) is 0 Å². The molecular weight excluding hydrogens is 380 g/mol. The van der Waals surface area contributed by atoms with E-state index in [4.69, 9.17) is 4.74 Å². The van der Waals surface area contributed by atoms with Crippen molar-refractivity contribution >= 4 is 23.1 Å². The number of nitrogens with one attached hydrogen (secondary N) is 2. The molecule has 0 spiro atoms. The Morgan fingerprint density at radius 3 is 2.89 bits per heavy atom. The SMILES string of the molecule is CN(CCc1ccccn1)C1C(CNC(=O)Nc2ccsc2)OC(CO)C1O. The molecule has 1 aliphatic heterocycles. The Balaban J connectivity index is 1.56. The van der Waals surface area contributed by atoms with Crippen LogP contribution in [0.5, 0.6) is 0 Å². The maximum Gasteiger partial charge on any atom is 0.319 e. The van der Waals surface area contributed by atoms with Gasteiger partial charge in [0.2, 0.25) is 0 Å². The number of pyridine rings is 1. The van der Waals surface area contributed by atoms with E-state index in [1.807, 2.05) is 47.0 Å². The van der Waals surface area contributed by atoms with Gasteiger partial charge in [-0.2, -0.15) is 11.3 Å². The fourth-order valence-corrected chi connectivity index (χ4v) is 3.97. The van der Waals surface area contributed by atoms with Gasteiger partial charge in [-0.3, -0.25) is 9.88 Å². The number of thiophene rings is 1. The summed E-state index contributed by atoms with van der Waals surface area (Å²) in [6.07, 6.45) is 0.528. The van der Waals surface area contributed by atoms with Crippen LogP contribution in [0.4, 0.5) is 10.5 Å². The Bertz CT molecular complexity index is 731. The molecular formula is C19H26N4O4S. The van der Waals surface area contributed by atoms with Crippen molar-refractivity contribution in [1.82, 2.24) is 15.2 Å². The maximum absolute atomic E-state index is 12.1. The van der Waals surface area contributed by atoms with Crippen LogP contribution in [-0.4, -0.2) is 77.2 Å². The van der Waals surface area contributed by atoms with Crippen LogP contribution in [0, 0.1) is 0 Å². The van der Waals surface area contributed by atoms with Gasteiger partial charge in [-0.15, -0.1) is 0 Å². The normalized spacial score (nSPS) is 24.4. The van der Waals surface area contributed by atoms with E-state index in [1.165, 1.54) is 11.3 Å². The standard InChI is InChI=1S/C19H26N4O4S/c1-23(8-5-13-4-2-3-7-20-13)17-15(27-16(11-24)18(17)25)10-21-19(26)22-14-6-9-28-12-14/h2-4,6-7,9,12,15-18,24-25H,5,8,10-11H2,1H3,(H2,21,22,26). The van der Waals surface area contributed by atoms with E-state index in [-0.39, 0.29) is 25.2 Å². The molecule has 8 nitrogen and oxygen atoms in total. The summed E-state index contributed by atoms with van der Waals surface area (Å²) in [7, 11) is 1.90. The van der Waals surface area contributed by atoms with E-state index >= 15 is 0 Å². The Hall–Kier alpha value is -2.04. The first-order valence-electron chi connectivity index (χ1n) is 9.20. The molecule has 28 heavy (non-hydrogen) atoms. The third kappa shape index (κ3) is 5.27. The highest BCUT2D eigenvalue weighted by molar-refractivity contribution is 7.08. The van der Waals surface area contributed by atoms with Crippen molar-refractivity contribution in [1.29, 1.82) is 0 Å². The number of ether oxygens (including phenoxy) is 1. The number of hydrogen-bond donors (Lipinski definition) is 4. The van der Waals surface area contributed by atoms with Gasteiger partial charge in [0, 0.05) is 36.8 Å². The first kappa shape index (κ1) is 20.7. The van der Waals surface area contributed by atoms with Crippen molar-refractivity contribution < 1.29 is 19.7 Å². The molecule has 0 bridgehead atoms. The van der Waals surface area contributed by atoms with Gasteiger partial charge in [0.1, 0.15) is 12.2 Å². The number of hydrogen-bond acceptors (Lipinski definition) is 7. The molecule has 1 aliphatic rings. The first-order chi connectivity index (χ1) is 13.6. The van der Waals surface area contributed by atoms with Crippen LogP contribution in [0.25, 0.3) is 0 Å². The number of carbonyl (C=O) groups excluding carboxylic acids is 1. The minimum absolute atomic E-state index is 0.224. The lowest BCUT2D eigenvalue weighted by atomic mass is 10.0. The highest BCUT2D eigenvalue weighted by Gasteiger charge is 2.45. The van der Waals surface area contributed by atoms with Crippen LogP contribution in [-0.2, 0) is 11.2 Å². The molecule has 1 saturated heterocycles. The Morgan fingerprint density at radius 1 is 1.36 bits per heavy atom. The van der Waals surface area contributed by atoms with Gasteiger partial charge >= 0.3 is 6.03 Å². The maximum atomic E-state index is 12.1. The molecule has 3 heterocycles. The molecule has 2 aromatic heterocycles. The molecule has 152 valence electrons. The molecule has 2 aromatic rings. The second kappa shape index (κ2) is 9.94. The monoisotopic (exact) mass is 406 g/mol. The fraction of sp³-hybridized carbons (Fsp3) is 0.474. The molecule has 3 rings (SSSR count). The molecule has 0 radical (unpaired) electrons. The lowest BCUT2D eigenvalue weighted by Crippen LogP contribution is -2.50. The minimum atomic E-state index is -0.842. The summed E-state index contributed by atoms with van der Waals surface area (Å²) >= 11 is 1.50. The van der Waals surface area contributed by atoms with Gasteiger partial charge in [-0.1, -0.05) is 6.07 Å². The zero-order valence-electron chi connectivity index (χ0n) is 15.7. The van der Waals surface area contributed by atoms with Crippen molar-refractivity contribution in [2.45, 2.75) is 30.8 Å². The van der Waals surface area contributed by atoms with Crippen molar-refractivity contribution in [2.24, 2.45) is 0 Å². The third-order valence-corrected chi connectivity index (χ3v) is 5.52. The molecule has 2 amide bonds. The highest BCUT2D eigenvalue weighted by Crippen LogP contribution is 2.25. The van der Waals surface area contributed by atoms with Crippen LogP contribution in [0.15, 0.2) is 41.2 Å². The predicted octanol–water partition coefficient (Wildman–Crippen LogP) is 0.928. The number of urea groups is 1. The van der Waals surface area contributed by atoms with Crippen molar-refractivity contribution in [3.05, 3.63) is 46.9 Å². The number of nitrogens with zero attached hydrogens (tertiary/aromatic N) is 2. The number of aliphatic hydroxyl groups is 2. The van der Waals surface area contributed by atoms with E-state index in [9.17, 15) is 15.0 Å². The van der Waals surface area contributed by atoms with Gasteiger partial charge in [0.15, 0.2) is 0 Å². The molecule has 4 unspecified atom stereocenters. The molecule has 4 N–H and O–H groups in total. The predicted molar refractivity (Wildman–Crippen MR) is 107 cm³/mol. The van der Waals surface area contributed by atoms with Gasteiger partial charge in [-0.25, -0.2) is 4.79 Å². The minimum Gasteiger partial charge on any atom is -0.394 e.